The maximum atomic E-state index is 10.2. The Morgan fingerprint density at radius 3 is 2.31 bits per heavy atom. The number of carboxylic acids is 1. The van der Waals surface area contributed by atoms with E-state index in [0.717, 1.165) is 5.75 Å². The van der Waals surface area contributed by atoms with Gasteiger partial charge in [0.15, 0.2) is 0 Å². The van der Waals surface area contributed by atoms with Crippen molar-refractivity contribution in [2.45, 2.75) is 33.6 Å². The number of aryl methyl sites for hydroxylation is 1. The predicted octanol–water partition coefficient (Wildman–Crippen LogP) is 3.26. The Bertz CT molecular complexity index is 291. The fourth-order valence-electron chi connectivity index (χ4n) is 1.05. The zero-order valence-corrected chi connectivity index (χ0v) is 10.2. The lowest BCUT2D eigenvalue weighted by molar-refractivity contribution is -0.137. The lowest BCUT2D eigenvalue weighted by atomic mass is 10.2. The first-order valence-electron chi connectivity index (χ1n) is 5.60. The first-order chi connectivity index (χ1) is 7.68. The quantitative estimate of drug-likeness (QED) is 0.781. The summed E-state index contributed by atoms with van der Waals surface area (Å²) in [6.45, 7) is 6.46. The molecule has 90 valence electrons. The van der Waals surface area contributed by atoms with Crippen molar-refractivity contribution in [2.75, 3.05) is 6.61 Å². The Hall–Kier alpha value is -1.51. The van der Waals surface area contributed by atoms with Gasteiger partial charge < -0.3 is 9.84 Å². The molecule has 0 saturated carbocycles. The summed E-state index contributed by atoms with van der Waals surface area (Å²) in [7, 11) is 0. The van der Waals surface area contributed by atoms with Gasteiger partial charge in [-0.25, -0.2) is 0 Å². The van der Waals surface area contributed by atoms with Crippen LogP contribution in [0.1, 0.15) is 32.3 Å². The largest absolute Gasteiger partial charge is 0.494 e. The van der Waals surface area contributed by atoms with Crippen molar-refractivity contribution in [1.29, 1.82) is 0 Å². The molecule has 1 rings (SSSR count). The molecule has 3 heteroatoms. The second kappa shape index (κ2) is 8.77. The van der Waals surface area contributed by atoms with Gasteiger partial charge in [0.2, 0.25) is 0 Å². The third kappa shape index (κ3) is 6.87. The number of hydrogen-bond acceptors (Lipinski definition) is 2. The third-order valence-corrected chi connectivity index (χ3v) is 1.82. The van der Waals surface area contributed by atoms with Crippen LogP contribution in [0.2, 0.25) is 0 Å². The topological polar surface area (TPSA) is 46.5 Å². The summed E-state index contributed by atoms with van der Waals surface area (Å²) in [5.41, 5.74) is 1.18. The molecule has 0 aliphatic rings. The molecule has 16 heavy (non-hydrogen) atoms. The normalized spacial score (nSPS) is 8.94. The highest BCUT2D eigenvalue weighted by molar-refractivity contribution is 5.66. The molecule has 0 fully saturated rings. The van der Waals surface area contributed by atoms with Crippen LogP contribution in [0.3, 0.4) is 0 Å². The van der Waals surface area contributed by atoms with Crippen LogP contribution in [0.15, 0.2) is 24.3 Å². The highest BCUT2D eigenvalue weighted by Crippen LogP contribution is 2.11. The van der Waals surface area contributed by atoms with Crippen LogP contribution in [0.5, 0.6) is 5.75 Å². The van der Waals surface area contributed by atoms with E-state index in [2.05, 4.69) is 0 Å². The Morgan fingerprint density at radius 1 is 1.25 bits per heavy atom. The number of aliphatic carboxylic acids is 1. The van der Waals surface area contributed by atoms with Gasteiger partial charge in [-0.1, -0.05) is 31.5 Å². The molecule has 3 nitrogen and oxygen atoms in total. The fourth-order valence-corrected chi connectivity index (χ4v) is 1.05. The lowest BCUT2D eigenvalue weighted by Gasteiger charge is -2.04. The first kappa shape index (κ1) is 14.5. The van der Waals surface area contributed by atoms with Crippen molar-refractivity contribution in [3.05, 3.63) is 29.8 Å². The van der Waals surface area contributed by atoms with E-state index in [9.17, 15) is 4.79 Å². The van der Waals surface area contributed by atoms with Crippen LogP contribution in [0.25, 0.3) is 0 Å². The number of carboxylic acid groups (broad SMARTS) is 1. The highest BCUT2D eigenvalue weighted by Gasteiger charge is 1.97. The van der Waals surface area contributed by atoms with Crippen molar-refractivity contribution < 1.29 is 14.6 Å². The molecule has 1 aromatic rings. The van der Waals surface area contributed by atoms with E-state index < -0.39 is 5.97 Å². The summed E-state index contributed by atoms with van der Waals surface area (Å²) in [5, 5.41) is 8.39. The molecule has 0 atom stereocenters. The minimum absolute atomic E-state index is 0.159. The molecule has 0 spiro atoms. The summed E-state index contributed by atoms with van der Waals surface area (Å²) >= 11 is 0. The summed E-state index contributed by atoms with van der Waals surface area (Å²) in [5.74, 6) is 0.0125. The summed E-state index contributed by atoms with van der Waals surface area (Å²) in [6, 6.07) is 7.70. The van der Waals surface area contributed by atoms with Crippen LogP contribution in [-0.4, -0.2) is 17.7 Å². The molecule has 0 heterocycles. The van der Waals surface area contributed by atoms with Crippen LogP contribution in [0, 0.1) is 6.92 Å². The van der Waals surface area contributed by atoms with Gasteiger partial charge in [-0.15, -0.1) is 0 Å². The maximum absolute atomic E-state index is 10.2. The van der Waals surface area contributed by atoms with Crippen LogP contribution in [0.4, 0.5) is 0 Å². The van der Waals surface area contributed by atoms with Gasteiger partial charge in [-0.2, -0.15) is 0 Å². The average molecular weight is 224 g/mol. The maximum Gasteiger partial charge on any atom is 0.303 e. The standard InChI is InChI=1S/C11H14O3.C2H6/c1-9-4-6-10(7-5-9)14-8-2-3-11(12)13;1-2/h4-7H,2-3,8H2,1H3,(H,12,13);1-2H3. The van der Waals surface area contributed by atoms with Gasteiger partial charge in [-0.3, -0.25) is 4.79 Å². The zero-order chi connectivity index (χ0) is 12.4. The van der Waals surface area contributed by atoms with E-state index in [-0.39, 0.29) is 6.42 Å². The van der Waals surface area contributed by atoms with Gasteiger partial charge in [0.1, 0.15) is 5.75 Å². The Morgan fingerprint density at radius 2 is 1.81 bits per heavy atom. The number of carbonyl (C=O) groups is 1. The van der Waals surface area contributed by atoms with E-state index in [1.54, 1.807) is 0 Å². The molecule has 1 N–H and O–H groups in total. The molecule has 0 amide bonds. The highest BCUT2D eigenvalue weighted by atomic mass is 16.5. The van der Waals surface area contributed by atoms with Crippen molar-refractivity contribution in [1.82, 2.24) is 0 Å². The first-order valence-corrected chi connectivity index (χ1v) is 5.60. The van der Waals surface area contributed by atoms with Gasteiger partial charge >= 0.3 is 5.97 Å². The van der Waals surface area contributed by atoms with Crippen LogP contribution >= 0.6 is 0 Å². The number of benzene rings is 1. The number of hydrogen-bond donors (Lipinski definition) is 1. The monoisotopic (exact) mass is 224 g/mol. The summed E-state index contributed by atoms with van der Waals surface area (Å²) < 4.78 is 5.35. The number of ether oxygens (including phenoxy) is 1. The lowest BCUT2D eigenvalue weighted by Crippen LogP contribution is -2.01. The number of rotatable bonds is 5. The van der Waals surface area contributed by atoms with Gasteiger partial charge in [0, 0.05) is 6.42 Å². The van der Waals surface area contributed by atoms with Crippen molar-refractivity contribution in [2.24, 2.45) is 0 Å². The fraction of sp³-hybridized carbons (Fsp3) is 0.462. The molecule has 0 aliphatic carbocycles. The van der Waals surface area contributed by atoms with Gasteiger partial charge in [0.05, 0.1) is 6.61 Å². The second-order valence-electron chi connectivity index (χ2n) is 3.16. The Balaban J connectivity index is 0.00000106. The smallest absolute Gasteiger partial charge is 0.303 e. The minimum Gasteiger partial charge on any atom is -0.494 e. The van der Waals surface area contributed by atoms with E-state index in [1.807, 2.05) is 45.0 Å². The van der Waals surface area contributed by atoms with Crippen molar-refractivity contribution in [3.63, 3.8) is 0 Å². The second-order valence-corrected chi connectivity index (χ2v) is 3.16. The predicted molar refractivity (Wildman–Crippen MR) is 64.9 cm³/mol. The summed E-state index contributed by atoms with van der Waals surface area (Å²) in [4.78, 5) is 10.2. The van der Waals surface area contributed by atoms with Gasteiger partial charge in [-0.05, 0) is 25.5 Å². The zero-order valence-electron chi connectivity index (χ0n) is 10.2. The van der Waals surface area contributed by atoms with Crippen molar-refractivity contribution in [3.8, 4) is 5.75 Å². The molecule has 0 radical (unpaired) electrons. The molecular weight excluding hydrogens is 204 g/mol. The molecule has 0 aliphatic heterocycles. The molecular formula is C13H20O3. The van der Waals surface area contributed by atoms with Crippen LogP contribution in [-0.2, 0) is 4.79 Å². The average Bonchev–Trinajstić information content (AvgIpc) is 2.29. The third-order valence-electron chi connectivity index (χ3n) is 1.82. The SMILES string of the molecule is CC.Cc1ccc(OCCCC(=O)O)cc1. The molecule has 0 unspecified atom stereocenters. The molecule has 1 aromatic carbocycles. The molecule has 0 bridgehead atoms. The van der Waals surface area contributed by atoms with E-state index in [0.29, 0.717) is 13.0 Å². The van der Waals surface area contributed by atoms with E-state index in [4.69, 9.17) is 9.84 Å². The Labute approximate surface area is 97.1 Å². The summed E-state index contributed by atoms with van der Waals surface area (Å²) in [6.07, 6.45) is 0.703. The van der Waals surface area contributed by atoms with E-state index in [1.165, 1.54) is 5.56 Å². The molecule has 0 saturated heterocycles. The van der Waals surface area contributed by atoms with Crippen molar-refractivity contribution >= 4 is 5.97 Å². The molecule has 0 aromatic heterocycles. The van der Waals surface area contributed by atoms with E-state index >= 15 is 0 Å². The van der Waals surface area contributed by atoms with Gasteiger partial charge in [0.25, 0.3) is 0 Å². The minimum atomic E-state index is -0.780. The Kier molecular flexibility index (Phi) is 7.94. The van der Waals surface area contributed by atoms with Crippen LogP contribution < -0.4 is 4.74 Å².